The summed E-state index contributed by atoms with van der Waals surface area (Å²) in [7, 11) is 1.57. The summed E-state index contributed by atoms with van der Waals surface area (Å²) in [6, 6.07) is 6.73. The zero-order valence-electron chi connectivity index (χ0n) is 14.6. The first kappa shape index (κ1) is 20.6. The Kier molecular flexibility index (Phi) is 7.00. The van der Waals surface area contributed by atoms with Crippen LogP contribution in [0.4, 0.5) is 0 Å². The van der Waals surface area contributed by atoms with Gasteiger partial charge in [0.15, 0.2) is 5.82 Å². The van der Waals surface area contributed by atoms with Gasteiger partial charge < -0.3 is 19.9 Å². The van der Waals surface area contributed by atoms with E-state index in [1.165, 1.54) is 0 Å². The second-order valence-corrected chi connectivity index (χ2v) is 6.54. The first-order valence-corrected chi connectivity index (χ1v) is 8.58. The van der Waals surface area contributed by atoms with Crippen molar-refractivity contribution in [1.82, 2.24) is 20.8 Å². The van der Waals surface area contributed by atoms with E-state index >= 15 is 0 Å². The smallest absolute Gasteiger partial charge is 0.257 e. The van der Waals surface area contributed by atoms with E-state index < -0.39 is 5.60 Å². The van der Waals surface area contributed by atoms with E-state index in [1.54, 1.807) is 31.4 Å². The monoisotopic (exact) mass is 400 g/mol. The number of amides is 1. The van der Waals surface area contributed by atoms with E-state index in [0.717, 1.165) is 18.7 Å². The molecule has 1 atom stereocenters. The molecule has 1 aromatic carbocycles. The molecule has 0 spiro atoms. The lowest BCUT2D eigenvalue weighted by Gasteiger charge is -2.35. The molecule has 7 nitrogen and oxygen atoms in total. The lowest BCUT2D eigenvalue weighted by Crippen LogP contribution is -2.54. The third-order valence-corrected chi connectivity index (χ3v) is 4.74. The summed E-state index contributed by atoms with van der Waals surface area (Å²) in [5, 5.41) is 10.8. The Morgan fingerprint density at radius 3 is 2.62 bits per heavy atom. The maximum Gasteiger partial charge on any atom is 0.257 e. The quantitative estimate of drug-likeness (QED) is 0.801. The highest BCUT2D eigenvalue weighted by Gasteiger charge is 2.40. The fourth-order valence-electron chi connectivity index (χ4n) is 2.87. The summed E-state index contributed by atoms with van der Waals surface area (Å²) >= 11 is 5.88. The van der Waals surface area contributed by atoms with E-state index in [9.17, 15) is 4.79 Å². The lowest BCUT2D eigenvalue weighted by atomic mass is 9.91. The molecular formula is C17H22Cl2N4O3. The number of methoxy groups -OCH3 is 1. The number of piperidine rings is 1. The van der Waals surface area contributed by atoms with Crippen LogP contribution in [0, 0.1) is 0 Å². The van der Waals surface area contributed by atoms with E-state index in [2.05, 4.69) is 20.8 Å². The second-order valence-electron chi connectivity index (χ2n) is 6.11. The van der Waals surface area contributed by atoms with Gasteiger partial charge in [-0.2, -0.15) is 4.98 Å². The summed E-state index contributed by atoms with van der Waals surface area (Å²) < 4.78 is 10.8. The molecule has 3 rings (SSSR count). The number of rotatable bonds is 5. The minimum absolute atomic E-state index is 0. The van der Waals surface area contributed by atoms with Crippen LogP contribution in [0.2, 0.25) is 5.02 Å². The number of benzene rings is 1. The Bertz CT molecular complexity index is 730. The van der Waals surface area contributed by atoms with Crippen molar-refractivity contribution in [3.05, 3.63) is 35.1 Å². The number of halogens is 2. The predicted molar refractivity (Wildman–Crippen MR) is 100 cm³/mol. The minimum Gasteiger partial charge on any atom is -0.368 e. The molecule has 1 aromatic heterocycles. The number of carbonyl (C=O) groups is 1. The number of nitrogens with one attached hydrogen (secondary N) is 2. The van der Waals surface area contributed by atoms with Gasteiger partial charge in [0.2, 0.25) is 0 Å². The molecule has 0 radical (unpaired) electrons. The highest BCUT2D eigenvalue weighted by molar-refractivity contribution is 6.30. The Morgan fingerprint density at radius 1 is 1.35 bits per heavy atom. The molecule has 0 bridgehead atoms. The van der Waals surface area contributed by atoms with Gasteiger partial charge in [0.1, 0.15) is 5.60 Å². The maximum absolute atomic E-state index is 12.7. The van der Waals surface area contributed by atoms with Gasteiger partial charge in [0.25, 0.3) is 11.8 Å². The fraction of sp³-hybridized carbons (Fsp3) is 0.471. The van der Waals surface area contributed by atoms with Crippen molar-refractivity contribution < 1.29 is 14.1 Å². The van der Waals surface area contributed by atoms with Gasteiger partial charge >= 0.3 is 0 Å². The average Bonchev–Trinajstić information content (AvgIpc) is 3.13. The molecule has 1 amide bonds. The maximum atomic E-state index is 12.7. The molecule has 0 aliphatic carbocycles. The van der Waals surface area contributed by atoms with Gasteiger partial charge in [0, 0.05) is 17.7 Å². The van der Waals surface area contributed by atoms with Crippen molar-refractivity contribution in [2.45, 2.75) is 31.4 Å². The zero-order chi connectivity index (χ0) is 17.9. The Morgan fingerprint density at radius 2 is 2.00 bits per heavy atom. The molecule has 9 heteroatoms. The molecular weight excluding hydrogens is 379 g/mol. The van der Waals surface area contributed by atoms with Crippen LogP contribution >= 0.6 is 24.0 Å². The van der Waals surface area contributed by atoms with E-state index in [-0.39, 0.29) is 24.4 Å². The number of aromatic nitrogens is 2. The SMILES string of the molecule is COC1(C(=O)NC(C)c2noc(-c3ccc(Cl)cc3)n2)CCNCC1.Cl. The largest absolute Gasteiger partial charge is 0.368 e. The van der Waals surface area contributed by atoms with Gasteiger partial charge in [-0.1, -0.05) is 16.8 Å². The Labute approximate surface area is 163 Å². The molecule has 26 heavy (non-hydrogen) atoms. The molecule has 1 fully saturated rings. The number of nitrogens with zero attached hydrogens (tertiary/aromatic N) is 2. The number of hydrogen-bond acceptors (Lipinski definition) is 6. The van der Waals surface area contributed by atoms with E-state index in [4.69, 9.17) is 20.9 Å². The van der Waals surface area contributed by atoms with Crippen LogP contribution < -0.4 is 10.6 Å². The van der Waals surface area contributed by atoms with Crippen LogP contribution in [0.15, 0.2) is 28.8 Å². The van der Waals surface area contributed by atoms with Gasteiger partial charge in [-0.05, 0) is 57.1 Å². The second kappa shape index (κ2) is 8.81. The first-order valence-electron chi connectivity index (χ1n) is 8.20. The molecule has 1 aliphatic rings. The summed E-state index contributed by atoms with van der Waals surface area (Å²) in [6.07, 6.45) is 1.26. The number of ether oxygens (including phenoxy) is 1. The molecule has 2 N–H and O–H groups in total. The van der Waals surface area contributed by atoms with Crippen LogP contribution in [0.3, 0.4) is 0 Å². The highest BCUT2D eigenvalue weighted by Crippen LogP contribution is 2.25. The standard InChI is InChI=1S/C17H21ClN4O3.ClH/c1-11(20-16(23)17(24-2)7-9-19-10-8-17)14-21-15(25-22-14)12-3-5-13(18)6-4-12;/h3-6,11,19H,7-10H2,1-2H3,(H,20,23);1H. The van der Waals surface area contributed by atoms with Crippen molar-refractivity contribution in [1.29, 1.82) is 0 Å². The number of hydrogen-bond donors (Lipinski definition) is 2. The van der Waals surface area contributed by atoms with Crippen molar-refractivity contribution in [3.8, 4) is 11.5 Å². The molecule has 0 saturated carbocycles. The van der Waals surface area contributed by atoms with Gasteiger partial charge in [-0.25, -0.2) is 0 Å². The van der Waals surface area contributed by atoms with Crippen molar-refractivity contribution in [2.75, 3.05) is 20.2 Å². The van der Waals surface area contributed by atoms with Crippen LogP contribution in [-0.4, -0.2) is 41.8 Å². The van der Waals surface area contributed by atoms with Crippen molar-refractivity contribution in [3.63, 3.8) is 0 Å². The summed E-state index contributed by atoms with van der Waals surface area (Å²) in [5.41, 5.74) is -0.0317. The van der Waals surface area contributed by atoms with Gasteiger partial charge in [0.05, 0.1) is 6.04 Å². The van der Waals surface area contributed by atoms with E-state index in [1.807, 2.05) is 6.92 Å². The van der Waals surface area contributed by atoms with Crippen LogP contribution in [0.5, 0.6) is 0 Å². The highest BCUT2D eigenvalue weighted by atomic mass is 35.5. The third-order valence-electron chi connectivity index (χ3n) is 4.48. The molecule has 1 saturated heterocycles. The van der Waals surface area contributed by atoms with Crippen molar-refractivity contribution >= 4 is 29.9 Å². The molecule has 142 valence electrons. The average molecular weight is 401 g/mol. The number of carbonyl (C=O) groups excluding carboxylic acids is 1. The van der Waals surface area contributed by atoms with E-state index in [0.29, 0.717) is 29.6 Å². The summed E-state index contributed by atoms with van der Waals surface area (Å²) in [5.74, 6) is 0.649. The third kappa shape index (κ3) is 4.35. The van der Waals surface area contributed by atoms with Gasteiger partial charge in [-0.3, -0.25) is 4.79 Å². The molecule has 1 unspecified atom stereocenters. The fourth-order valence-corrected chi connectivity index (χ4v) is 2.99. The predicted octanol–water partition coefficient (Wildman–Crippen LogP) is 2.76. The summed E-state index contributed by atoms with van der Waals surface area (Å²) in [4.78, 5) is 17.1. The van der Waals surface area contributed by atoms with Crippen LogP contribution in [0.25, 0.3) is 11.5 Å². The Balaban J connectivity index is 0.00000243. The Hall–Kier alpha value is -1.67. The van der Waals surface area contributed by atoms with Crippen LogP contribution in [-0.2, 0) is 9.53 Å². The topological polar surface area (TPSA) is 89.3 Å². The minimum atomic E-state index is -0.803. The lowest BCUT2D eigenvalue weighted by molar-refractivity contribution is -0.147. The summed E-state index contributed by atoms with van der Waals surface area (Å²) in [6.45, 7) is 3.32. The molecule has 2 heterocycles. The normalized spacial score (nSPS) is 17.2. The van der Waals surface area contributed by atoms with Crippen LogP contribution in [0.1, 0.15) is 31.6 Å². The van der Waals surface area contributed by atoms with Gasteiger partial charge in [-0.15, -0.1) is 12.4 Å². The van der Waals surface area contributed by atoms with Crippen molar-refractivity contribution in [2.24, 2.45) is 0 Å². The first-order chi connectivity index (χ1) is 12.0. The zero-order valence-corrected chi connectivity index (χ0v) is 16.2. The molecule has 1 aliphatic heterocycles. The molecule has 2 aromatic rings.